The van der Waals surface area contributed by atoms with Gasteiger partial charge >= 0.3 is 0 Å². The van der Waals surface area contributed by atoms with Crippen LogP contribution in [0.1, 0.15) is 59.3 Å². The first kappa shape index (κ1) is 16.0. The van der Waals surface area contributed by atoms with Crippen molar-refractivity contribution in [2.45, 2.75) is 65.0 Å². The summed E-state index contributed by atoms with van der Waals surface area (Å²) in [5.74, 6) is 0. The number of aromatic nitrogens is 3. The lowest BCUT2D eigenvalue weighted by atomic mass is 10.1. The van der Waals surface area contributed by atoms with Crippen LogP contribution in [0.2, 0.25) is 0 Å². The molecule has 21 heavy (non-hydrogen) atoms. The van der Waals surface area contributed by atoms with Crippen LogP contribution in [0.25, 0.3) is 11.0 Å². The third kappa shape index (κ3) is 3.43. The van der Waals surface area contributed by atoms with Crippen molar-refractivity contribution in [2.75, 3.05) is 6.61 Å². The van der Waals surface area contributed by atoms with Gasteiger partial charge in [-0.1, -0.05) is 57.4 Å². The largest absolute Gasteiger partial charge is 0.354 e. The number of benzene rings is 1. The highest BCUT2D eigenvalue weighted by Crippen LogP contribution is 2.29. The molecule has 0 saturated heterocycles. The van der Waals surface area contributed by atoms with Crippen molar-refractivity contribution in [3.05, 3.63) is 24.3 Å². The lowest BCUT2D eigenvalue weighted by Gasteiger charge is -2.32. The Morgan fingerprint density at radius 3 is 2.52 bits per heavy atom. The average molecular weight is 289 g/mol. The van der Waals surface area contributed by atoms with Gasteiger partial charge in [0.2, 0.25) is 0 Å². The van der Waals surface area contributed by atoms with Gasteiger partial charge in [0, 0.05) is 6.61 Å². The molecule has 0 aliphatic rings. The highest BCUT2D eigenvalue weighted by atomic mass is 16.5. The van der Waals surface area contributed by atoms with Gasteiger partial charge in [-0.3, -0.25) is 0 Å². The minimum Gasteiger partial charge on any atom is -0.354 e. The molecule has 0 bridgehead atoms. The summed E-state index contributed by atoms with van der Waals surface area (Å²) in [4.78, 5) is 0. The summed E-state index contributed by atoms with van der Waals surface area (Å²) in [6, 6.07) is 8.08. The summed E-state index contributed by atoms with van der Waals surface area (Å²) < 4.78 is 8.26. The molecule has 0 N–H and O–H groups in total. The van der Waals surface area contributed by atoms with Crippen LogP contribution in [0.15, 0.2) is 24.3 Å². The van der Waals surface area contributed by atoms with E-state index in [0.29, 0.717) is 0 Å². The summed E-state index contributed by atoms with van der Waals surface area (Å²) in [6.45, 7) is 7.33. The topological polar surface area (TPSA) is 39.9 Å². The molecule has 4 heteroatoms. The number of fused-ring (bicyclic) bond motifs is 1. The fourth-order valence-electron chi connectivity index (χ4n) is 2.78. The van der Waals surface area contributed by atoms with E-state index in [1.165, 1.54) is 19.3 Å². The zero-order valence-corrected chi connectivity index (χ0v) is 13.5. The maximum absolute atomic E-state index is 6.29. The number of ether oxygens (including phenoxy) is 1. The summed E-state index contributed by atoms with van der Waals surface area (Å²) >= 11 is 0. The SMILES string of the molecule is CCCCCCOC(CC)(CC)n1nnc2ccccc21. The molecule has 1 heterocycles. The van der Waals surface area contributed by atoms with E-state index >= 15 is 0 Å². The van der Waals surface area contributed by atoms with Gasteiger partial charge in [-0.15, -0.1) is 5.10 Å². The molecule has 2 aromatic rings. The van der Waals surface area contributed by atoms with Crippen LogP contribution >= 0.6 is 0 Å². The molecule has 0 amide bonds. The maximum atomic E-state index is 6.29. The highest BCUT2D eigenvalue weighted by molar-refractivity contribution is 5.74. The van der Waals surface area contributed by atoms with Crippen LogP contribution in [0.3, 0.4) is 0 Å². The quantitative estimate of drug-likeness (QED) is 0.638. The van der Waals surface area contributed by atoms with E-state index in [4.69, 9.17) is 4.74 Å². The number of nitrogens with zero attached hydrogens (tertiary/aromatic N) is 3. The second kappa shape index (κ2) is 7.55. The molecule has 116 valence electrons. The van der Waals surface area contributed by atoms with Crippen molar-refractivity contribution in [1.82, 2.24) is 15.0 Å². The lowest BCUT2D eigenvalue weighted by molar-refractivity contribution is -0.120. The number of hydrogen-bond donors (Lipinski definition) is 0. The zero-order valence-electron chi connectivity index (χ0n) is 13.5. The number of hydrogen-bond acceptors (Lipinski definition) is 3. The lowest BCUT2D eigenvalue weighted by Crippen LogP contribution is -2.37. The molecule has 0 fully saturated rings. The molecule has 0 saturated carbocycles. The molecule has 0 radical (unpaired) electrons. The van der Waals surface area contributed by atoms with Crippen molar-refractivity contribution >= 4 is 11.0 Å². The Morgan fingerprint density at radius 2 is 1.81 bits per heavy atom. The zero-order chi connectivity index (χ0) is 15.1. The standard InChI is InChI=1S/C17H27N3O/c1-4-7-8-11-14-21-17(5-2,6-3)20-16-13-10-9-12-15(16)18-19-20/h9-10,12-13H,4-8,11,14H2,1-3H3. The van der Waals surface area contributed by atoms with Crippen molar-refractivity contribution in [3.8, 4) is 0 Å². The Kier molecular flexibility index (Phi) is 5.74. The van der Waals surface area contributed by atoms with Gasteiger partial charge in [0.05, 0.1) is 5.52 Å². The first-order valence-corrected chi connectivity index (χ1v) is 8.22. The molecular weight excluding hydrogens is 262 g/mol. The second-order valence-corrected chi connectivity index (χ2v) is 5.55. The van der Waals surface area contributed by atoms with Crippen LogP contribution in [0, 0.1) is 0 Å². The Balaban J connectivity index is 2.17. The van der Waals surface area contributed by atoms with Crippen molar-refractivity contribution in [2.24, 2.45) is 0 Å². The van der Waals surface area contributed by atoms with E-state index in [1.54, 1.807) is 0 Å². The van der Waals surface area contributed by atoms with Crippen LogP contribution in [-0.2, 0) is 10.5 Å². The van der Waals surface area contributed by atoms with E-state index in [1.807, 2.05) is 22.9 Å². The molecule has 0 spiro atoms. The molecule has 1 aromatic heterocycles. The van der Waals surface area contributed by atoms with Gasteiger partial charge in [0.1, 0.15) is 5.52 Å². The molecule has 2 rings (SSSR count). The predicted molar refractivity (Wildman–Crippen MR) is 86.2 cm³/mol. The molecule has 0 atom stereocenters. The minimum atomic E-state index is -0.373. The summed E-state index contributed by atoms with van der Waals surface area (Å²) in [5, 5.41) is 8.64. The first-order valence-electron chi connectivity index (χ1n) is 8.22. The van der Waals surface area contributed by atoms with Crippen molar-refractivity contribution in [3.63, 3.8) is 0 Å². The maximum Gasteiger partial charge on any atom is 0.162 e. The predicted octanol–water partition coefficient (Wildman–Crippen LogP) is 4.50. The molecule has 1 aromatic carbocycles. The third-order valence-electron chi connectivity index (χ3n) is 4.21. The molecule has 0 aliphatic heterocycles. The Morgan fingerprint density at radius 1 is 1.05 bits per heavy atom. The summed E-state index contributed by atoms with van der Waals surface area (Å²) in [6.07, 6.45) is 6.66. The van der Waals surface area contributed by atoms with Crippen molar-refractivity contribution < 1.29 is 4.74 Å². The number of rotatable bonds is 9. The molecule has 0 unspecified atom stereocenters. The van der Waals surface area contributed by atoms with Gasteiger partial charge in [-0.05, 0) is 31.4 Å². The van der Waals surface area contributed by atoms with E-state index in [9.17, 15) is 0 Å². The van der Waals surface area contributed by atoms with Crippen LogP contribution in [-0.4, -0.2) is 21.6 Å². The Labute approximate surface area is 127 Å². The van der Waals surface area contributed by atoms with Gasteiger partial charge in [-0.2, -0.15) is 0 Å². The number of unbranched alkanes of at least 4 members (excludes halogenated alkanes) is 3. The molecule has 4 nitrogen and oxygen atoms in total. The molecule has 0 aliphatic carbocycles. The van der Waals surface area contributed by atoms with Gasteiger partial charge in [-0.25, -0.2) is 4.68 Å². The van der Waals surface area contributed by atoms with E-state index in [2.05, 4.69) is 37.1 Å². The van der Waals surface area contributed by atoms with Gasteiger partial charge in [0.15, 0.2) is 5.72 Å². The average Bonchev–Trinajstić information content (AvgIpc) is 2.96. The van der Waals surface area contributed by atoms with Crippen LogP contribution < -0.4 is 0 Å². The van der Waals surface area contributed by atoms with Gasteiger partial charge in [0.25, 0.3) is 0 Å². The van der Waals surface area contributed by atoms with Crippen molar-refractivity contribution in [1.29, 1.82) is 0 Å². The smallest absolute Gasteiger partial charge is 0.162 e. The van der Waals surface area contributed by atoms with E-state index in [-0.39, 0.29) is 5.72 Å². The normalized spacial score (nSPS) is 12.1. The summed E-state index contributed by atoms with van der Waals surface area (Å²) in [7, 11) is 0. The highest BCUT2D eigenvalue weighted by Gasteiger charge is 2.31. The van der Waals surface area contributed by atoms with Gasteiger partial charge < -0.3 is 4.74 Å². The third-order valence-corrected chi connectivity index (χ3v) is 4.21. The Bertz CT molecular complexity index is 546. The number of para-hydroxylation sites is 1. The Hall–Kier alpha value is -1.42. The molecular formula is C17H27N3O. The van der Waals surface area contributed by atoms with E-state index in [0.717, 1.165) is 36.9 Å². The summed E-state index contributed by atoms with van der Waals surface area (Å²) in [5.41, 5.74) is 1.61. The van der Waals surface area contributed by atoms with Crippen LogP contribution in [0.5, 0.6) is 0 Å². The monoisotopic (exact) mass is 289 g/mol. The minimum absolute atomic E-state index is 0.373. The fourth-order valence-corrected chi connectivity index (χ4v) is 2.78. The van der Waals surface area contributed by atoms with E-state index < -0.39 is 0 Å². The first-order chi connectivity index (χ1) is 10.3. The van der Waals surface area contributed by atoms with Crippen LogP contribution in [0.4, 0.5) is 0 Å². The second-order valence-electron chi connectivity index (χ2n) is 5.55. The fraction of sp³-hybridized carbons (Fsp3) is 0.647.